The first-order valence-electron chi connectivity index (χ1n) is 10.4. The first-order valence-corrected chi connectivity index (χ1v) is 11.8. The second-order valence-corrected chi connectivity index (χ2v) is 9.85. The van der Waals surface area contributed by atoms with Crippen LogP contribution in [-0.2, 0) is 21.2 Å². The van der Waals surface area contributed by atoms with E-state index >= 15 is 0 Å². The molecule has 2 aromatic rings. The third-order valence-electron chi connectivity index (χ3n) is 5.50. The molecule has 2 aromatic carbocycles. The van der Waals surface area contributed by atoms with Gasteiger partial charge in [-0.3, -0.25) is 14.9 Å². The van der Waals surface area contributed by atoms with Crippen LogP contribution in [0.2, 0.25) is 0 Å². The maximum atomic E-state index is 13.8. The summed E-state index contributed by atoms with van der Waals surface area (Å²) in [5, 5.41) is 10.8. The molecule has 35 heavy (non-hydrogen) atoms. The summed E-state index contributed by atoms with van der Waals surface area (Å²) in [7, 11) is -3.91. The van der Waals surface area contributed by atoms with Crippen molar-refractivity contribution in [2.45, 2.75) is 30.2 Å². The van der Waals surface area contributed by atoms with Gasteiger partial charge in [0.2, 0.25) is 15.9 Å². The zero-order valence-corrected chi connectivity index (χ0v) is 20.0. The number of halogens is 4. The molecule has 1 aliphatic heterocycles. The average molecular weight is 537 g/mol. The Kier molecular flexibility index (Phi) is 9.60. The topological polar surface area (TPSA) is 127 Å². The minimum atomic E-state index is -3.91. The van der Waals surface area contributed by atoms with E-state index in [0.717, 1.165) is 24.3 Å². The standard InChI is InChI=1S/C21H23F3N4O5S.ClH/c22-18-13-20(24)19(23)11-14(18)10-15(25)12-21(29)26-6-1-7-27(9-8-26)34(32,33)17-4-2-16(3-5-17)28(30)31;/h2-5,11,13,15H,1,6-10,12,25H2;1H/t15-;/m1./s1. The number of nitrogens with zero attached hydrogens (tertiary/aromatic N) is 3. The highest BCUT2D eigenvalue weighted by Gasteiger charge is 2.29. The molecule has 0 saturated carbocycles. The quantitative estimate of drug-likeness (QED) is 0.329. The molecule has 0 aromatic heterocycles. The molecule has 0 unspecified atom stereocenters. The van der Waals surface area contributed by atoms with Crippen molar-refractivity contribution in [1.29, 1.82) is 0 Å². The summed E-state index contributed by atoms with van der Waals surface area (Å²) < 4.78 is 67.3. The van der Waals surface area contributed by atoms with Gasteiger partial charge in [-0.2, -0.15) is 4.31 Å². The van der Waals surface area contributed by atoms with Gasteiger partial charge in [0.25, 0.3) is 5.69 Å². The number of nitrogens with two attached hydrogens (primary N) is 1. The highest BCUT2D eigenvalue weighted by atomic mass is 35.5. The van der Waals surface area contributed by atoms with E-state index in [4.69, 9.17) is 5.73 Å². The van der Waals surface area contributed by atoms with E-state index in [-0.39, 0.29) is 73.5 Å². The Morgan fingerprint density at radius 3 is 2.29 bits per heavy atom. The van der Waals surface area contributed by atoms with Crippen LogP contribution in [0.1, 0.15) is 18.4 Å². The maximum absolute atomic E-state index is 13.8. The van der Waals surface area contributed by atoms with Crippen molar-refractivity contribution in [1.82, 2.24) is 9.21 Å². The Hall–Kier alpha value is -2.74. The van der Waals surface area contributed by atoms with Crippen molar-refractivity contribution >= 4 is 34.0 Å². The molecular formula is C21H24ClF3N4O5S. The number of hydrogen-bond donors (Lipinski definition) is 1. The third kappa shape index (κ3) is 6.90. The van der Waals surface area contributed by atoms with Gasteiger partial charge in [0.1, 0.15) is 5.82 Å². The zero-order chi connectivity index (χ0) is 25.0. The van der Waals surface area contributed by atoms with Gasteiger partial charge in [-0.05, 0) is 36.6 Å². The summed E-state index contributed by atoms with van der Waals surface area (Å²) in [5.41, 5.74) is 5.56. The molecule has 2 N–H and O–H groups in total. The van der Waals surface area contributed by atoms with E-state index in [1.807, 2.05) is 0 Å². The highest BCUT2D eigenvalue weighted by Crippen LogP contribution is 2.21. The maximum Gasteiger partial charge on any atom is 0.269 e. The number of nitro benzene ring substituents is 1. The van der Waals surface area contributed by atoms with Crippen LogP contribution in [0.15, 0.2) is 41.3 Å². The van der Waals surface area contributed by atoms with Crippen LogP contribution in [0.4, 0.5) is 18.9 Å². The fourth-order valence-electron chi connectivity index (χ4n) is 3.70. The molecule has 1 fully saturated rings. The average Bonchev–Trinajstić information content (AvgIpc) is 3.04. The van der Waals surface area contributed by atoms with Crippen molar-refractivity contribution in [3.63, 3.8) is 0 Å². The Balaban J connectivity index is 0.00000432. The summed E-state index contributed by atoms with van der Waals surface area (Å²) >= 11 is 0. The number of hydrogen-bond acceptors (Lipinski definition) is 6. The van der Waals surface area contributed by atoms with E-state index < -0.39 is 38.4 Å². The van der Waals surface area contributed by atoms with Gasteiger partial charge in [-0.15, -0.1) is 12.4 Å². The summed E-state index contributed by atoms with van der Waals surface area (Å²) in [6.07, 6.45) is -0.0121. The van der Waals surface area contributed by atoms with Gasteiger partial charge < -0.3 is 10.6 Å². The molecule has 0 bridgehead atoms. The summed E-state index contributed by atoms with van der Waals surface area (Å²) in [6, 6.07) is 4.83. The van der Waals surface area contributed by atoms with Crippen molar-refractivity contribution < 1.29 is 31.3 Å². The number of sulfonamides is 1. The van der Waals surface area contributed by atoms with Crippen LogP contribution in [0.3, 0.4) is 0 Å². The van der Waals surface area contributed by atoms with Gasteiger partial charge in [-0.1, -0.05) is 0 Å². The minimum absolute atomic E-state index is 0. The van der Waals surface area contributed by atoms with Crippen molar-refractivity contribution in [2.24, 2.45) is 5.73 Å². The number of nitro groups is 1. The largest absolute Gasteiger partial charge is 0.341 e. The molecule has 192 valence electrons. The Labute approximate surface area is 206 Å². The van der Waals surface area contributed by atoms with E-state index in [2.05, 4.69) is 0 Å². The van der Waals surface area contributed by atoms with E-state index in [0.29, 0.717) is 18.6 Å². The lowest BCUT2D eigenvalue weighted by molar-refractivity contribution is -0.384. The molecule has 1 atom stereocenters. The smallest absolute Gasteiger partial charge is 0.269 e. The molecule has 3 rings (SSSR count). The lowest BCUT2D eigenvalue weighted by atomic mass is 10.0. The number of carbonyl (C=O) groups is 1. The first kappa shape index (κ1) is 28.5. The van der Waals surface area contributed by atoms with Crippen LogP contribution in [0.25, 0.3) is 0 Å². The normalized spacial score (nSPS) is 15.7. The monoisotopic (exact) mass is 536 g/mol. The van der Waals surface area contributed by atoms with E-state index in [1.54, 1.807) is 0 Å². The summed E-state index contributed by atoms with van der Waals surface area (Å²) in [5.74, 6) is -3.85. The molecule has 14 heteroatoms. The van der Waals surface area contributed by atoms with E-state index in [1.165, 1.54) is 9.21 Å². The molecule has 0 radical (unpaired) electrons. The van der Waals surface area contributed by atoms with Crippen LogP contribution >= 0.6 is 12.4 Å². The molecular weight excluding hydrogens is 513 g/mol. The molecule has 1 aliphatic rings. The predicted molar refractivity (Wildman–Crippen MR) is 123 cm³/mol. The van der Waals surface area contributed by atoms with Crippen molar-refractivity contribution in [3.05, 3.63) is 69.5 Å². The molecule has 0 aliphatic carbocycles. The Morgan fingerprint density at radius 1 is 1.03 bits per heavy atom. The Bertz CT molecular complexity index is 1180. The number of carbonyl (C=O) groups excluding carboxylic acids is 1. The van der Waals surface area contributed by atoms with Crippen LogP contribution < -0.4 is 5.73 Å². The number of non-ortho nitro benzene ring substituents is 1. The number of rotatable bonds is 7. The summed E-state index contributed by atoms with van der Waals surface area (Å²) in [6.45, 7) is 0.530. The second kappa shape index (κ2) is 11.8. The van der Waals surface area contributed by atoms with Crippen molar-refractivity contribution in [2.75, 3.05) is 26.2 Å². The predicted octanol–water partition coefficient (Wildman–Crippen LogP) is 2.62. The molecule has 1 saturated heterocycles. The highest BCUT2D eigenvalue weighted by molar-refractivity contribution is 7.89. The van der Waals surface area contributed by atoms with Crippen LogP contribution in [-0.4, -0.2) is 60.7 Å². The third-order valence-corrected chi connectivity index (χ3v) is 7.41. The van der Waals surface area contributed by atoms with Crippen LogP contribution in [0.5, 0.6) is 0 Å². The first-order chi connectivity index (χ1) is 16.0. The van der Waals surface area contributed by atoms with Gasteiger partial charge in [0, 0.05) is 56.8 Å². The molecule has 0 spiro atoms. The number of amides is 1. The van der Waals surface area contributed by atoms with Crippen molar-refractivity contribution in [3.8, 4) is 0 Å². The second-order valence-electron chi connectivity index (χ2n) is 7.92. The Morgan fingerprint density at radius 2 is 1.66 bits per heavy atom. The zero-order valence-electron chi connectivity index (χ0n) is 18.4. The minimum Gasteiger partial charge on any atom is -0.341 e. The van der Waals surface area contributed by atoms with Gasteiger partial charge in [0.05, 0.1) is 9.82 Å². The molecule has 1 heterocycles. The lowest BCUT2D eigenvalue weighted by Gasteiger charge is -2.23. The number of benzene rings is 2. The van der Waals surface area contributed by atoms with Crippen LogP contribution in [0, 0.1) is 27.6 Å². The fraction of sp³-hybridized carbons (Fsp3) is 0.381. The SMILES string of the molecule is Cl.N[C@@H](CC(=O)N1CCCN(S(=O)(=O)c2ccc([N+](=O)[O-])cc2)CC1)Cc1cc(F)c(F)cc1F. The fourth-order valence-corrected chi connectivity index (χ4v) is 5.17. The van der Waals surface area contributed by atoms with E-state index in [9.17, 15) is 36.5 Å². The van der Waals surface area contributed by atoms with Gasteiger partial charge >= 0.3 is 0 Å². The van der Waals surface area contributed by atoms with Gasteiger partial charge in [-0.25, -0.2) is 21.6 Å². The lowest BCUT2D eigenvalue weighted by Crippen LogP contribution is -2.40. The molecule has 9 nitrogen and oxygen atoms in total. The molecule has 1 amide bonds. The summed E-state index contributed by atoms with van der Waals surface area (Å²) in [4.78, 5) is 24.2. The van der Waals surface area contributed by atoms with Gasteiger partial charge in [0.15, 0.2) is 11.6 Å².